The lowest BCUT2D eigenvalue weighted by molar-refractivity contribution is -0.214. The van der Waals surface area contributed by atoms with Crippen molar-refractivity contribution in [1.29, 1.82) is 0 Å². The van der Waals surface area contributed by atoms with Gasteiger partial charge in [0.05, 0.1) is 7.11 Å². The van der Waals surface area contributed by atoms with Crippen molar-refractivity contribution in [3.8, 4) is 0 Å². The van der Waals surface area contributed by atoms with E-state index in [1.165, 1.54) is 7.11 Å². The van der Waals surface area contributed by atoms with Gasteiger partial charge in [-0.05, 0) is 25.7 Å². The summed E-state index contributed by atoms with van der Waals surface area (Å²) in [4.78, 5) is 14.5. The molecule has 1 aliphatic rings. The zero-order valence-electron chi connectivity index (χ0n) is 9.03. The standard InChI is InChI=1S/C9H17NO.CH4O2.H2/c1-2-9(11)7-3-5-8(10)6-4-7;1-3-2;/h7-8H,2-6,10H2,1H3;2H,1H3;1H. The molecular formula is C10H23NO3. The van der Waals surface area contributed by atoms with Crippen LogP contribution in [0.25, 0.3) is 0 Å². The minimum absolute atomic E-state index is 0. The van der Waals surface area contributed by atoms with Crippen LogP contribution in [0.15, 0.2) is 0 Å². The van der Waals surface area contributed by atoms with Gasteiger partial charge in [0, 0.05) is 19.8 Å². The molecular weight excluding hydrogens is 182 g/mol. The molecule has 0 aromatic heterocycles. The van der Waals surface area contributed by atoms with Crippen molar-refractivity contribution in [2.45, 2.75) is 45.1 Å². The minimum Gasteiger partial charge on any atom is -0.328 e. The highest BCUT2D eigenvalue weighted by molar-refractivity contribution is 5.80. The van der Waals surface area contributed by atoms with Crippen molar-refractivity contribution >= 4 is 5.78 Å². The van der Waals surface area contributed by atoms with E-state index < -0.39 is 0 Å². The summed E-state index contributed by atoms with van der Waals surface area (Å²) in [7, 11) is 1.18. The summed E-state index contributed by atoms with van der Waals surface area (Å²) in [5, 5.41) is 7.07. The van der Waals surface area contributed by atoms with Crippen molar-refractivity contribution in [3.63, 3.8) is 0 Å². The Morgan fingerprint density at radius 3 is 2.29 bits per heavy atom. The second-order valence-corrected chi connectivity index (χ2v) is 3.61. The first-order valence-electron chi connectivity index (χ1n) is 5.11. The van der Waals surface area contributed by atoms with E-state index in [0.717, 1.165) is 25.7 Å². The number of hydrogen-bond donors (Lipinski definition) is 2. The van der Waals surface area contributed by atoms with Gasteiger partial charge in [-0.3, -0.25) is 10.1 Å². The van der Waals surface area contributed by atoms with E-state index in [2.05, 4.69) is 4.89 Å². The number of carbonyl (C=O) groups excluding carboxylic acids is 1. The average molecular weight is 205 g/mol. The Hall–Kier alpha value is -0.450. The van der Waals surface area contributed by atoms with Crippen LogP contribution in [0, 0.1) is 5.92 Å². The highest BCUT2D eigenvalue weighted by Gasteiger charge is 2.22. The fraction of sp³-hybridized carbons (Fsp3) is 0.900. The molecule has 1 fully saturated rings. The van der Waals surface area contributed by atoms with Gasteiger partial charge in [0.25, 0.3) is 0 Å². The van der Waals surface area contributed by atoms with Crippen LogP contribution in [0.1, 0.15) is 40.5 Å². The first-order chi connectivity index (χ1) is 6.65. The highest BCUT2D eigenvalue weighted by atomic mass is 17.1. The van der Waals surface area contributed by atoms with Gasteiger partial charge < -0.3 is 5.73 Å². The summed E-state index contributed by atoms with van der Waals surface area (Å²) in [5.41, 5.74) is 5.73. The number of rotatable bonds is 2. The Bertz CT molecular complexity index is 159. The van der Waals surface area contributed by atoms with Gasteiger partial charge >= 0.3 is 0 Å². The third kappa shape index (κ3) is 5.32. The molecule has 3 N–H and O–H groups in total. The smallest absolute Gasteiger partial charge is 0.135 e. The van der Waals surface area contributed by atoms with Crippen LogP contribution in [0.3, 0.4) is 0 Å². The molecule has 1 saturated carbocycles. The zero-order valence-corrected chi connectivity index (χ0v) is 9.03. The Kier molecular flexibility index (Phi) is 7.65. The van der Waals surface area contributed by atoms with Crippen LogP contribution in [-0.2, 0) is 9.68 Å². The maximum atomic E-state index is 11.2. The number of carbonyl (C=O) groups is 1. The molecule has 0 aliphatic heterocycles. The Morgan fingerprint density at radius 1 is 1.50 bits per heavy atom. The van der Waals surface area contributed by atoms with Gasteiger partial charge in [-0.1, -0.05) is 6.92 Å². The van der Waals surface area contributed by atoms with Gasteiger partial charge in [0.2, 0.25) is 0 Å². The lowest BCUT2D eigenvalue weighted by Crippen LogP contribution is -2.29. The van der Waals surface area contributed by atoms with Crippen LogP contribution in [0.2, 0.25) is 0 Å². The summed E-state index contributed by atoms with van der Waals surface area (Å²) in [5.74, 6) is 0.761. The highest BCUT2D eigenvalue weighted by Crippen LogP contribution is 2.24. The Balaban J connectivity index is 0. The summed E-state index contributed by atoms with van der Waals surface area (Å²) in [6.07, 6.45) is 4.81. The van der Waals surface area contributed by atoms with Crippen molar-refractivity contribution in [1.82, 2.24) is 0 Å². The fourth-order valence-electron chi connectivity index (χ4n) is 1.73. The molecule has 0 radical (unpaired) electrons. The first kappa shape index (κ1) is 13.5. The molecule has 0 aromatic carbocycles. The Morgan fingerprint density at radius 2 is 1.93 bits per heavy atom. The molecule has 0 bridgehead atoms. The summed E-state index contributed by atoms with van der Waals surface area (Å²) < 4.78 is 0. The topological polar surface area (TPSA) is 72.6 Å². The van der Waals surface area contributed by atoms with E-state index in [4.69, 9.17) is 11.0 Å². The third-order valence-electron chi connectivity index (χ3n) is 2.58. The van der Waals surface area contributed by atoms with Crippen molar-refractivity contribution in [2.24, 2.45) is 11.7 Å². The predicted octanol–water partition coefficient (Wildman–Crippen LogP) is 1.83. The third-order valence-corrected chi connectivity index (χ3v) is 2.58. The molecule has 0 unspecified atom stereocenters. The molecule has 86 valence electrons. The van der Waals surface area contributed by atoms with Gasteiger partial charge in [-0.15, -0.1) is 0 Å². The largest absolute Gasteiger partial charge is 0.328 e. The summed E-state index contributed by atoms with van der Waals surface area (Å²) in [6, 6.07) is 0.357. The molecule has 0 heterocycles. The molecule has 0 atom stereocenters. The fourth-order valence-corrected chi connectivity index (χ4v) is 1.73. The molecule has 14 heavy (non-hydrogen) atoms. The quantitative estimate of drug-likeness (QED) is 0.533. The van der Waals surface area contributed by atoms with Crippen molar-refractivity contribution in [3.05, 3.63) is 0 Å². The van der Waals surface area contributed by atoms with E-state index in [0.29, 0.717) is 24.2 Å². The van der Waals surface area contributed by atoms with E-state index in [-0.39, 0.29) is 1.43 Å². The van der Waals surface area contributed by atoms with Crippen LogP contribution in [-0.4, -0.2) is 24.2 Å². The van der Waals surface area contributed by atoms with Gasteiger partial charge in [0.1, 0.15) is 5.78 Å². The monoisotopic (exact) mass is 205 g/mol. The molecule has 4 heteroatoms. The van der Waals surface area contributed by atoms with E-state index in [9.17, 15) is 4.79 Å². The van der Waals surface area contributed by atoms with Crippen LogP contribution in [0.4, 0.5) is 0 Å². The molecule has 1 aliphatic carbocycles. The van der Waals surface area contributed by atoms with Crippen LogP contribution >= 0.6 is 0 Å². The molecule has 0 spiro atoms. The second-order valence-electron chi connectivity index (χ2n) is 3.61. The molecule has 1 rings (SSSR count). The maximum Gasteiger partial charge on any atom is 0.135 e. The van der Waals surface area contributed by atoms with E-state index >= 15 is 0 Å². The maximum absolute atomic E-state index is 11.2. The van der Waals surface area contributed by atoms with Crippen LogP contribution < -0.4 is 5.73 Å². The molecule has 0 amide bonds. The SMILES string of the molecule is CCC(=O)C1CCC(N)CC1.COO.[HH]. The van der Waals surface area contributed by atoms with E-state index in [1.807, 2.05) is 6.92 Å². The minimum atomic E-state index is 0. The van der Waals surface area contributed by atoms with Crippen molar-refractivity contribution < 1.29 is 16.4 Å². The summed E-state index contributed by atoms with van der Waals surface area (Å²) >= 11 is 0. The van der Waals surface area contributed by atoms with Gasteiger partial charge in [0.15, 0.2) is 0 Å². The first-order valence-corrected chi connectivity index (χ1v) is 5.11. The number of ketones is 1. The predicted molar refractivity (Wildman–Crippen MR) is 57.0 cm³/mol. The van der Waals surface area contributed by atoms with Crippen LogP contribution in [0.5, 0.6) is 0 Å². The second kappa shape index (κ2) is 7.91. The average Bonchev–Trinajstić information content (AvgIpc) is 2.19. The van der Waals surface area contributed by atoms with E-state index in [1.54, 1.807) is 0 Å². The zero-order chi connectivity index (χ0) is 11.0. The molecule has 0 aromatic rings. The normalized spacial score (nSPS) is 26.3. The summed E-state index contributed by atoms with van der Waals surface area (Å²) in [6.45, 7) is 1.94. The van der Waals surface area contributed by atoms with Gasteiger partial charge in [-0.2, -0.15) is 0 Å². The molecule has 0 saturated heterocycles. The number of hydrogen-bond acceptors (Lipinski definition) is 4. The molecule has 4 nitrogen and oxygen atoms in total. The van der Waals surface area contributed by atoms with Gasteiger partial charge in [-0.25, -0.2) is 4.89 Å². The van der Waals surface area contributed by atoms with Crippen molar-refractivity contribution in [2.75, 3.05) is 7.11 Å². The number of Topliss-reactive ketones (excluding diaryl/α,β-unsaturated/α-hetero) is 1. The Labute approximate surface area is 86.8 Å². The lowest BCUT2D eigenvalue weighted by Gasteiger charge is -2.24. The number of nitrogens with two attached hydrogens (primary N) is 1. The lowest BCUT2D eigenvalue weighted by atomic mass is 9.83.